The van der Waals surface area contributed by atoms with Gasteiger partial charge in [0.25, 0.3) is 0 Å². The van der Waals surface area contributed by atoms with Gasteiger partial charge >= 0.3 is 0 Å². The Kier molecular flexibility index (Phi) is 12.6. The van der Waals surface area contributed by atoms with E-state index in [0.717, 1.165) is 56.1 Å². The summed E-state index contributed by atoms with van der Waals surface area (Å²) in [6.07, 6.45) is 8.03. The normalized spacial score (nSPS) is 24.7. The van der Waals surface area contributed by atoms with Gasteiger partial charge in [0, 0.05) is 36.4 Å². The van der Waals surface area contributed by atoms with Crippen LogP contribution in [0.2, 0.25) is 0 Å². The second-order valence-electron chi connectivity index (χ2n) is 10.9. The molecule has 4 nitrogen and oxygen atoms in total. The predicted octanol–water partition coefficient (Wildman–Crippen LogP) is 8.10. The molecule has 4 rings (SSSR count). The zero-order valence-electron chi connectivity index (χ0n) is 24.0. The minimum Gasteiger partial charge on any atom is -0.379 e. The molecule has 0 amide bonds. The van der Waals surface area contributed by atoms with E-state index < -0.39 is 0 Å². The topological polar surface area (TPSA) is 36.9 Å². The first-order valence-electron chi connectivity index (χ1n) is 15.1. The second kappa shape index (κ2) is 16.1. The average molecular weight is 559 g/mol. The number of hydrogen-bond acceptors (Lipinski definition) is 5. The van der Waals surface area contributed by atoms with Crippen molar-refractivity contribution >= 4 is 11.8 Å². The summed E-state index contributed by atoms with van der Waals surface area (Å²) >= 11 is 1.86. The van der Waals surface area contributed by atoms with Gasteiger partial charge in [-0.15, -0.1) is 11.8 Å². The molecule has 0 saturated carbocycles. The molecule has 0 aromatic heterocycles. The van der Waals surface area contributed by atoms with Crippen LogP contribution in [-0.2, 0) is 31.8 Å². The fourth-order valence-electron chi connectivity index (χ4n) is 5.41. The number of unbranched alkanes of at least 4 members (excludes halogenated alkanes) is 3. The number of thioether (sulfide) groups is 1. The highest BCUT2D eigenvalue weighted by atomic mass is 32.2. The van der Waals surface area contributed by atoms with E-state index in [9.17, 15) is 0 Å². The summed E-state index contributed by atoms with van der Waals surface area (Å²) in [5.74, 6) is -0.137. The Labute approximate surface area is 239 Å². The van der Waals surface area contributed by atoms with Crippen molar-refractivity contribution in [2.45, 2.75) is 113 Å². The molecule has 2 aromatic carbocycles. The van der Waals surface area contributed by atoms with Gasteiger partial charge in [0.05, 0.1) is 18.8 Å². The molecule has 2 aliphatic heterocycles. The van der Waals surface area contributed by atoms with Crippen molar-refractivity contribution in [1.82, 2.24) is 0 Å². The largest absolute Gasteiger partial charge is 0.379 e. The van der Waals surface area contributed by atoms with Gasteiger partial charge in [-0.3, -0.25) is 0 Å². The van der Waals surface area contributed by atoms with E-state index in [0.29, 0.717) is 44.5 Å². The lowest BCUT2D eigenvalue weighted by Crippen LogP contribution is -2.50. The maximum atomic E-state index is 15.0. The van der Waals surface area contributed by atoms with E-state index in [-0.39, 0.29) is 30.2 Å². The first-order chi connectivity index (χ1) is 19.1. The summed E-state index contributed by atoms with van der Waals surface area (Å²) in [5, 5.41) is 0.348. The molecule has 2 aliphatic rings. The van der Waals surface area contributed by atoms with Crippen LogP contribution in [0.3, 0.4) is 0 Å². The Hall–Kier alpha value is -1.44. The molecule has 2 heterocycles. The Morgan fingerprint density at radius 2 is 1.67 bits per heavy atom. The average Bonchev–Trinajstić information content (AvgIpc) is 3.36. The molecule has 39 heavy (non-hydrogen) atoms. The molecular weight excluding hydrogens is 511 g/mol. The van der Waals surface area contributed by atoms with Gasteiger partial charge in [-0.25, -0.2) is 4.39 Å². The van der Waals surface area contributed by atoms with E-state index >= 15 is 4.39 Å². The molecule has 2 aromatic rings. The van der Waals surface area contributed by atoms with Crippen molar-refractivity contribution in [3.63, 3.8) is 0 Å². The lowest BCUT2D eigenvalue weighted by Gasteiger charge is -2.42. The summed E-state index contributed by atoms with van der Waals surface area (Å²) < 4.78 is 40.6. The zero-order valence-corrected chi connectivity index (χ0v) is 24.9. The van der Waals surface area contributed by atoms with Gasteiger partial charge in [-0.1, -0.05) is 70.4 Å². The van der Waals surface area contributed by atoms with Gasteiger partial charge in [-0.2, -0.15) is 0 Å². The van der Waals surface area contributed by atoms with E-state index in [1.54, 1.807) is 6.07 Å². The first kappa shape index (κ1) is 30.5. The molecule has 0 bridgehead atoms. The fraction of sp³-hybridized carbons (Fsp3) is 0.636. The van der Waals surface area contributed by atoms with Crippen LogP contribution in [0.4, 0.5) is 4.39 Å². The van der Waals surface area contributed by atoms with Crippen molar-refractivity contribution < 1.29 is 23.3 Å². The lowest BCUT2D eigenvalue weighted by atomic mass is 9.92. The Morgan fingerprint density at radius 3 is 2.44 bits per heavy atom. The molecule has 216 valence electrons. The highest BCUT2D eigenvalue weighted by Gasteiger charge is 2.41. The highest BCUT2D eigenvalue weighted by molar-refractivity contribution is 8.00. The number of ether oxygens (including phenoxy) is 4. The van der Waals surface area contributed by atoms with E-state index in [2.05, 4.69) is 45.0 Å². The molecule has 5 atom stereocenters. The van der Waals surface area contributed by atoms with Gasteiger partial charge < -0.3 is 18.9 Å². The molecule has 0 N–H and O–H groups in total. The monoisotopic (exact) mass is 558 g/mol. The van der Waals surface area contributed by atoms with Crippen LogP contribution in [-0.4, -0.2) is 50.0 Å². The van der Waals surface area contributed by atoms with Crippen LogP contribution in [0.15, 0.2) is 47.4 Å². The molecule has 4 unspecified atom stereocenters. The second-order valence-corrected chi connectivity index (χ2v) is 12.2. The van der Waals surface area contributed by atoms with Crippen LogP contribution < -0.4 is 0 Å². The molecule has 0 aliphatic carbocycles. The van der Waals surface area contributed by atoms with Crippen molar-refractivity contribution in [1.29, 1.82) is 0 Å². The summed E-state index contributed by atoms with van der Waals surface area (Å²) in [5.41, 5.74) is 3.15. The fourth-order valence-corrected chi connectivity index (χ4v) is 6.75. The zero-order chi connectivity index (χ0) is 27.5. The Bertz CT molecular complexity index is 976. The number of hydrogen-bond donors (Lipinski definition) is 0. The number of rotatable bonds is 16. The first-order valence-corrected chi connectivity index (χ1v) is 16.0. The number of benzene rings is 2. The molecule has 0 radical (unpaired) electrons. The van der Waals surface area contributed by atoms with Crippen LogP contribution >= 0.6 is 11.8 Å². The summed E-state index contributed by atoms with van der Waals surface area (Å²) in [4.78, 5) is 1.32. The summed E-state index contributed by atoms with van der Waals surface area (Å²) in [6.45, 7) is 9.11. The Balaban J connectivity index is 1.50. The lowest BCUT2D eigenvalue weighted by molar-refractivity contribution is -0.216. The Morgan fingerprint density at radius 1 is 0.923 bits per heavy atom. The van der Waals surface area contributed by atoms with Crippen molar-refractivity contribution in [2.24, 2.45) is 0 Å². The maximum absolute atomic E-state index is 15.0. The van der Waals surface area contributed by atoms with Crippen molar-refractivity contribution in [3.05, 3.63) is 65.0 Å². The van der Waals surface area contributed by atoms with E-state index in [4.69, 9.17) is 18.9 Å². The third-order valence-electron chi connectivity index (χ3n) is 7.68. The molecule has 0 spiro atoms. The van der Waals surface area contributed by atoms with Crippen molar-refractivity contribution in [3.8, 4) is 0 Å². The molecule has 6 heteroatoms. The third-order valence-corrected chi connectivity index (χ3v) is 9.00. The SMILES string of the molecule is CCCCOCC1OC(c2ccc(F)c(CC3Cc4ccccc4S3)c2)CC(OCCCC)[C@@H]1OCCCC. The number of halogens is 1. The minimum atomic E-state index is -0.225. The van der Waals surface area contributed by atoms with Crippen LogP contribution in [0.1, 0.15) is 88.5 Å². The van der Waals surface area contributed by atoms with Crippen LogP contribution in [0.25, 0.3) is 0 Å². The molecule has 1 fully saturated rings. The van der Waals surface area contributed by atoms with Crippen molar-refractivity contribution in [2.75, 3.05) is 26.4 Å². The maximum Gasteiger partial charge on any atom is 0.126 e. The van der Waals surface area contributed by atoms with Crippen LogP contribution in [0.5, 0.6) is 0 Å². The predicted molar refractivity (Wildman–Crippen MR) is 157 cm³/mol. The third kappa shape index (κ3) is 8.77. The van der Waals surface area contributed by atoms with Gasteiger partial charge in [-0.05, 0) is 60.9 Å². The number of fused-ring (bicyclic) bond motifs is 1. The van der Waals surface area contributed by atoms with E-state index in [1.807, 2.05) is 23.9 Å². The van der Waals surface area contributed by atoms with Gasteiger partial charge in [0.15, 0.2) is 0 Å². The van der Waals surface area contributed by atoms with Gasteiger partial charge in [0.1, 0.15) is 18.0 Å². The molecule has 1 saturated heterocycles. The minimum absolute atomic E-state index is 0.0830. The highest BCUT2D eigenvalue weighted by Crippen LogP contribution is 2.40. The molecular formula is C33H47FO4S. The van der Waals surface area contributed by atoms with E-state index in [1.165, 1.54) is 10.5 Å². The summed E-state index contributed by atoms with van der Waals surface area (Å²) in [6, 6.07) is 14.1. The summed E-state index contributed by atoms with van der Waals surface area (Å²) in [7, 11) is 0. The van der Waals surface area contributed by atoms with Crippen LogP contribution in [0, 0.1) is 5.82 Å². The van der Waals surface area contributed by atoms with Gasteiger partial charge in [0.2, 0.25) is 0 Å². The standard InChI is InChI=1S/C33H47FO4S/c1-4-7-16-35-23-31-33(37-18-9-6-3)30(36-17-8-5-2)22-29(38-31)24-14-15-28(34)26(19-24)21-27-20-25-12-10-11-13-32(25)39-27/h10-15,19,27,29-31,33H,4-9,16-18,20-23H2,1-3H3/t27?,29?,30?,31?,33-/m0/s1. The quantitative estimate of drug-likeness (QED) is 0.195. The smallest absolute Gasteiger partial charge is 0.126 e.